The van der Waals surface area contributed by atoms with Gasteiger partial charge in [0.1, 0.15) is 5.75 Å². The molecule has 1 unspecified atom stereocenters. The van der Waals surface area contributed by atoms with Crippen molar-refractivity contribution in [1.82, 2.24) is 0 Å². The van der Waals surface area contributed by atoms with Crippen molar-refractivity contribution in [3.8, 4) is 11.8 Å². The highest BCUT2D eigenvalue weighted by Crippen LogP contribution is 2.39. The number of fused-ring (bicyclic) bond motifs is 1. The van der Waals surface area contributed by atoms with Crippen molar-refractivity contribution in [2.75, 3.05) is 6.61 Å². The lowest BCUT2D eigenvalue weighted by atomic mass is 9.91. The largest absolute Gasteiger partial charge is 0.493 e. The van der Waals surface area contributed by atoms with E-state index in [4.69, 9.17) is 16.3 Å². The van der Waals surface area contributed by atoms with Gasteiger partial charge in [-0.05, 0) is 43.9 Å². The van der Waals surface area contributed by atoms with Gasteiger partial charge >= 0.3 is 0 Å². The molecular formula is C13H14ClNO. The standard InChI is InChI=1S/C13H14ClNO/c1-8-6-11-12(9(2)13(8)14)10(7-15)4-3-5-16-11/h6,10H,3-5H2,1-2H3. The van der Waals surface area contributed by atoms with E-state index < -0.39 is 0 Å². The van der Waals surface area contributed by atoms with Crippen LogP contribution in [0.25, 0.3) is 0 Å². The normalized spacial score (nSPS) is 19.2. The van der Waals surface area contributed by atoms with Gasteiger partial charge in [0.25, 0.3) is 0 Å². The van der Waals surface area contributed by atoms with Crippen LogP contribution in [0.1, 0.15) is 35.4 Å². The van der Waals surface area contributed by atoms with E-state index in [0.717, 1.165) is 40.3 Å². The fraction of sp³-hybridized carbons (Fsp3) is 0.462. The minimum Gasteiger partial charge on any atom is -0.493 e. The first-order chi connectivity index (χ1) is 7.65. The highest BCUT2D eigenvalue weighted by atomic mass is 35.5. The molecule has 0 saturated heterocycles. The number of hydrogen-bond donors (Lipinski definition) is 0. The molecule has 1 atom stereocenters. The van der Waals surface area contributed by atoms with Crippen molar-refractivity contribution in [2.24, 2.45) is 0 Å². The molecule has 1 aliphatic rings. The fourth-order valence-electron chi connectivity index (χ4n) is 2.23. The smallest absolute Gasteiger partial charge is 0.124 e. The maximum Gasteiger partial charge on any atom is 0.124 e. The van der Waals surface area contributed by atoms with E-state index >= 15 is 0 Å². The average molecular weight is 236 g/mol. The Morgan fingerprint density at radius 1 is 1.50 bits per heavy atom. The molecule has 0 saturated carbocycles. The minimum atomic E-state index is -0.0874. The van der Waals surface area contributed by atoms with E-state index in [1.807, 2.05) is 19.9 Å². The van der Waals surface area contributed by atoms with Gasteiger partial charge in [0.15, 0.2) is 0 Å². The molecule has 1 aliphatic heterocycles. The third-order valence-electron chi connectivity index (χ3n) is 3.09. The second-order valence-corrected chi connectivity index (χ2v) is 4.59. The molecule has 2 nitrogen and oxygen atoms in total. The monoisotopic (exact) mass is 235 g/mol. The molecule has 0 N–H and O–H groups in total. The van der Waals surface area contributed by atoms with Crippen LogP contribution in [0, 0.1) is 25.2 Å². The maximum atomic E-state index is 9.20. The lowest BCUT2D eigenvalue weighted by molar-refractivity contribution is 0.316. The number of hydrogen-bond acceptors (Lipinski definition) is 2. The number of nitriles is 1. The molecule has 1 aromatic carbocycles. The van der Waals surface area contributed by atoms with Crippen LogP contribution in [0.4, 0.5) is 0 Å². The van der Waals surface area contributed by atoms with Crippen molar-refractivity contribution >= 4 is 11.6 Å². The molecule has 2 rings (SSSR count). The summed E-state index contributed by atoms with van der Waals surface area (Å²) in [5.41, 5.74) is 2.98. The Bertz CT molecular complexity index is 462. The molecule has 0 radical (unpaired) electrons. The van der Waals surface area contributed by atoms with Crippen molar-refractivity contribution in [3.05, 3.63) is 27.8 Å². The Hall–Kier alpha value is -1.20. The molecule has 1 heterocycles. The highest BCUT2D eigenvalue weighted by molar-refractivity contribution is 6.32. The Balaban J connectivity index is 2.64. The molecule has 16 heavy (non-hydrogen) atoms. The van der Waals surface area contributed by atoms with Gasteiger partial charge in [-0.25, -0.2) is 0 Å². The van der Waals surface area contributed by atoms with Crippen LogP contribution >= 0.6 is 11.6 Å². The summed E-state index contributed by atoms with van der Waals surface area (Å²) in [6.45, 7) is 4.62. The quantitative estimate of drug-likeness (QED) is 0.686. The van der Waals surface area contributed by atoms with E-state index in [-0.39, 0.29) is 5.92 Å². The Morgan fingerprint density at radius 3 is 2.94 bits per heavy atom. The second-order valence-electron chi connectivity index (χ2n) is 4.22. The van der Waals surface area contributed by atoms with E-state index in [2.05, 4.69) is 6.07 Å². The fourth-order valence-corrected chi connectivity index (χ4v) is 2.39. The van der Waals surface area contributed by atoms with E-state index in [1.165, 1.54) is 0 Å². The zero-order valence-electron chi connectivity index (χ0n) is 9.51. The number of ether oxygens (including phenoxy) is 1. The van der Waals surface area contributed by atoms with Crippen LogP contribution in [0.5, 0.6) is 5.75 Å². The Kier molecular flexibility index (Phi) is 3.07. The van der Waals surface area contributed by atoms with Gasteiger partial charge in [0.05, 0.1) is 18.6 Å². The van der Waals surface area contributed by atoms with Crippen LogP contribution in [0.3, 0.4) is 0 Å². The summed E-state index contributed by atoms with van der Waals surface area (Å²) in [6.07, 6.45) is 1.77. The van der Waals surface area contributed by atoms with Gasteiger partial charge in [0, 0.05) is 10.6 Å². The summed E-state index contributed by atoms with van der Waals surface area (Å²) in [5.74, 6) is 0.749. The lowest BCUT2D eigenvalue weighted by Crippen LogP contribution is -2.00. The number of rotatable bonds is 0. The van der Waals surface area contributed by atoms with Crippen LogP contribution in [-0.4, -0.2) is 6.61 Å². The molecule has 84 valence electrons. The van der Waals surface area contributed by atoms with Gasteiger partial charge in [-0.2, -0.15) is 5.26 Å². The molecule has 3 heteroatoms. The summed E-state index contributed by atoms with van der Waals surface area (Å²) in [6, 6.07) is 4.29. The van der Waals surface area contributed by atoms with Gasteiger partial charge in [-0.3, -0.25) is 0 Å². The topological polar surface area (TPSA) is 33.0 Å². The number of aryl methyl sites for hydroxylation is 1. The number of nitrogens with zero attached hydrogens (tertiary/aromatic N) is 1. The first kappa shape index (κ1) is 11.3. The lowest BCUT2D eigenvalue weighted by Gasteiger charge is -2.16. The van der Waals surface area contributed by atoms with E-state index in [9.17, 15) is 5.26 Å². The highest BCUT2D eigenvalue weighted by Gasteiger charge is 2.23. The molecule has 0 fully saturated rings. The van der Waals surface area contributed by atoms with Crippen LogP contribution in [0.15, 0.2) is 6.07 Å². The van der Waals surface area contributed by atoms with Crippen LogP contribution < -0.4 is 4.74 Å². The maximum absolute atomic E-state index is 9.20. The molecule has 0 bridgehead atoms. The molecule has 1 aromatic rings. The number of halogens is 1. The first-order valence-electron chi connectivity index (χ1n) is 5.47. The SMILES string of the molecule is Cc1cc2c(c(C)c1Cl)C(C#N)CCCO2. The van der Waals surface area contributed by atoms with Gasteiger partial charge in [0.2, 0.25) is 0 Å². The predicted molar refractivity (Wildman–Crippen MR) is 64.0 cm³/mol. The van der Waals surface area contributed by atoms with Crippen LogP contribution in [0.2, 0.25) is 5.02 Å². The third kappa shape index (κ3) is 1.76. The molecular weight excluding hydrogens is 222 g/mol. The molecule has 0 aromatic heterocycles. The Morgan fingerprint density at radius 2 is 2.25 bits per heavy atom. The second kappa shape index (κ2) is 4.35. The van der Waals surface area contributed by atoms with Crippen molar-refractivity contribution < 1.29 is 4.74 Å². The first-order valence-corrected chi connectivity index (χ1v) is 5.85. The van der Waals surface area contributed by atoms with Gasteiger partial charge in [-0.15, -0.1) is 0 Å². The molecule has 0 aliphatic carbocycles. The third-order valence-corrected chi connectivity index (χ3v) is 3.67. The van der Waals surface area contributed by atoms with Crippen molar-refractivity contribution in [2.45, 2.75) is 32.6 Å². The minimum absolute atomic E-state index is 0.0874. The summed E-state index contributed by atoms with van der Waals surface area (Å²) in [4.78, 5) is 0. The predicted octanol–water partition coefficient (Wildman–Crippen LogP) is 3.74. The summed E-state index contributed by atoms with van der Waals surface area (Å²) in [7, 11) is 0. The molecule has 0 spiro atoms. The zero-order chi connectivity index (χ0) is 11.7. The summed E-state index contributed by atoms with van der Waals surface area (Å²) < 4.78 is 5.69. The van der Waals surface area contributed by atoms with Crippen LogP contribution in [-0.2, 0) is 0 Å². The summed E-state index contributed by atoms with van der Waals surface area (Å²) in [5, 5.41) is 9.95. The summed E-state index contributed by atoms with van der Waals surface area (Å²) >= 11 is 6.23. The van der Waals surface area contributed by atoms with Crippen molar-refractivity contribution in [1.29, 1.82) is 5.26 Å². The zero-order valence-corrected chi connectivity index (χ0v) is 10.3. The Labute approximate surface area is 101 Å². The molecule has 0 amide bonds. The van der Waals surface area contributed by atoms with E-state index in [1.54, 1.807) is 0 Å². The van der Waals surface area contributed by atoms with Gasteiger partial charge in [-0.1, -0.05) is 11.6 Å². The van der Waals surface area contributed by atoms with E-state index in [0.29, 0.717) is 6.61 Å². The number of benzene rings is 1. The van der Waals surface area contributed by atoms with Crippen molar-refractivity contribution in [3.63, 3.8) is 0 Å². The van der Waals surface area contributed by atoms with Gasteiger partial charge < -0.3 is 4.74 Å². The average Bonchev–Trinajstić information content (AvgIpc) is 2.48.